The second-order valence-electron chi connectivity index (χ2n) is 9.04. The zero-order chi connectivity index (χ0) is 32.3. The predicted molar refractivity (Wildman–Crippen MR) is 172 cm³/mol. The Bertz CT molecular complexity index is 1320. The fourth-order valence-corrected chi connectivity index (χ4v) is 3.98. The lowest BCUT2D eigenvalue weighted by atomic mass is 10.0. The third-order valence-electron chi connectivity index (χ3n) is 6.16. The highest BCUT2D eigenvalue weighted by atomic mass is 16.5. The van der Waals surface area contributed by atoms with Gasteiger partial charge in [0.25, 0.3) is 5.91 Å². The van der Waals surface area contributed by atoms with E-state index in [1.165, 1.54) is 0 Å². The van der Waals surface area contributed by atoms with Crippen molar-refractivity contribution >= 4 is 23.4 Å². The van der Waals surface area contributed by atoms with Gasteiger partial charge in [-0.1, -0.05) is 39.0 Å². The Labute approximate surface area is 260 Å². The van der Waals surface area contributed by atoms with Gasteiger partial charge in [-0.05, 0) is 49.2 Å². The molecule has 0 saturated carbocycles. The van der Waals surface area contributed by atoms with Crippen LogP contribution in [-0.2, 0) is 4.74 Å². The molecule has 13 nitrogen and oxygen atoms in total. The molecular weight excluding hydrogens is 562 g/mol. The number of anilines is 1. The maximum atomic E-state index is 12.5. The summed E-state index contributed by atoms with van der Waals surface area (Å²) in [5.74, 6) is 0.876. The van der Waals surface area contributed by atoms with Gasteiger partial charge < -0.3 is 30.2 Å². The van der Waals surface area contributed by atoms with E-state index >= 15 is 0 Å². The third kappa shape index (κ3) is 10.6. The summed E-state index contributed by atoms with van der Waals surface area (Å²) in [6.45, 7) is 12.0. The van der Waals surface area contributed by atoms with Crippen molar-refractivity contribution in [3.63, 3.8) is 0 Å². The topological polar surface area (TPSA) is 157 Å². The molecule has 2 aliphatic heterocycles. The molecule has 0 saturated heterocycles. The molecule has 2 heterocycles. The van der Waals surface area contributed by atoms with Gasteiger partial charge in [-0.25, -0.2) is 10.5 Å². The first-order chi connectivity index (χ1) is 21.5. The van der Waals surface area contributed by atoms with Crippen molar-refractivity contribution in [3.8, 4) is 17.6 Å². The van der Waals surface area contributed by atoms with Crippen LogP contribution in [0, 0.1) is 11.3 Å². The van der Waals surface area contributed by atoms with E-state index in [-0.39, 0.29) is 12.0 Å². The van der Waals surface area contributed by atoms with Crippen molar-refractivity contribution < 1.29 is 19.0 Å². The Morgan fingerprint density at radius 3 is 2.59 bits per heavy atom. The summed E-state index contributed by atoms with van der Waals surface area (Å²) in [6.07, 6.45) is 3.68. The zero-order valence-corrected chi connectivity index (χ0v) is 26.7. The first-order valence-corrected chi connectivity index (χ1v) is 14.8. The van der Waals surface area contributed by atoms with Gasteiger partial charge in [0, 0.05) is 43.8 Å². The lowest BCUT2D eigenvalue weighted by Crippen LogP contribution is -2.33. The molecule has 13 heteroatoms. The molecular formula is C31H45N9O4. The number of benzene rings is 2. The summed E-state index contributed by atoms with van der Waals surface area (Å²) < 4.78 is 16.6. The number of hydrazine groups is 1. The average Bonchev–Trinajstić information content (AvgIpc) is 3.60. The number of rotatable bonds is 13. The quantitative estimate of drug-likeness (QED) is 0.237. The van der Waals surface area contributed by atoms with Gasteiger partial charge in [0.15, 0.2) is 6.29 Å². The van der Waals surface area contributed by atoms with Crippen LogP contribution in [0.15, 0.2) is 57.9 Å². The number of amides is 1. The molecule has 4 N–H and O–H groups in total. The molecule has 44 heavy (non-hydrogen) atoms. The molecule has 0 fully saturated rings. The van der Waals surface area contributed by atoms with Crippen molar-refractivity contribution in [2.24, 2.45) is 15.3 Å². The Morgan fingerprint density at radius 1 is 1.16 bits per heavy atom. The first-order valence-electron chi connectivity index (χ1n) is 14.8. The number of hydrogen-bond donors (Lipinski definition) is 4. The van der Waals surface area contributed by atoms with Crippen LogP contribution < -0.4 is 31.0 Å². The van der Waals surface area contributed by atoms with Crippen LogP contribution in [0.3, 0.4) is 0 Å². The fraction of sp³-hybridized carbons (Fsp3) is 0.452. The molecule has 1 amide bonds. The van der Waals surface area contributed by atoms with Gasteiger partial charge in [0.1, 0.15) is 24.2 Å². The maximum Gasteiger partial charge on any atom is 0.251 e. The second-order valence-corrected chi connectivity index (χ2v) is 9.04. The molecule has 2 atom stereocenters. The van der Waals surface area contributed by atoms with Gasteiger partial charge >= 0.3 is 0 Å². The summed E-state index contributed by atoms with van der Waals surface area (Å²) in [6, 6.07) is 12.8. The molecule has 4 rings (SSSR count). The van der Waals surface area contributed by atoms with Crippen molar-refractivity contribution in [1.29, 1.82) is 5.26 Å². The van der Waals surface area contributed by atoms with E-state index in [0.29, 0.717) is 54.7 Å². The van der Waals surface area contributed by atoms with Gasteiger partial charge in [-0.3, -0.25) is 4.79 Å². The van der Waals surface area contributed by atoms with E-state index in [2.05, 4.69) is 42.9 Å². The largest absolute Gasteiger partial charge is 0.495 e. The number of carbonyl (C=O) groups is 1. The molecule has 2 aliphatic rings. The van der Waals surface area contributed by atoms with Crippen molar-refractivity contribution in [2.45, 2.75) is 53.4 Å². The highest BCUT2D eigenvalue weighted by Crippen LogP contribution is 2.28. The standard InChI is InChI=1S/C27H33N9O4.2C2H6/c1-18(8-10-36-17-32-34-35-36)40-25-13-19(4-5-21(25)14-28)22-15-30-27(31-16-22)33-23-12-20(6-7-24(23)39-3)26(37)29-9-11-38-2;2*1-2/h4-7,12-13,15-16,18,27,30,33H,8-11,17H2,1-3H3,(H,29,37)(H,32,35);2*1-2H3/t18-,27?;;/m0../s1. The predicted octanol–water partition coefficient (Wildman–Crippen LogP) is 4.71. The second kappa shape index (κ2) is 19.5. The smallest absolute Gasteiger partial charge is 0.251 e. The number of methoxy groups -OCH3 is 2. The van der Waals surface area contributed by atoms with Gasteiger partial charge in [-0.2, -0.15) is 15.4 Å². The molecule has 2 aromatic rings. The summed E-state index contributed by atoms with van der Waals surface area (Å²) in [7, 11) is 3.15. The van der Waals surface area contributed by atoms with Crippen LogP contribution in [0.1, 0.15) is 62.5 Å². The normalized spacial score (nSPS) is 15.5. The zero-order valence-electron chi connectivity index (χ0n) is 26.7. The van der Waals surface area contributed by atoms with E-state index in [1.54, 1.807) is 44.7 Å². The number of nitriles is 1. The maximum absolute atomic E-state index is 12.5. The van der Waals surface area contributed by atoms with Crippen LogP contribution in [-0.4, -0.2) is 70.1 Å². The number of allylic oxidation sites excluding steroid dienone is 1. The van der Waals surface area contributed by atoms with E-state index in [9.17, 15) is 10.1 Å². The fourth-order valence-electron chi connectivity index (χ4n) is 3.98. The summed E-state index contributed by atoms with van der Waals surface area (Å²) in [5, 5.41) is 28.4. The minimum atomic E-state index is -0.490. The minimum absolute atomic E-state index is 0.127. The van der Waals surface area contributed by atoms with Crippen LogP contribution in [0.4, 0.5) is 5.69 Å². The number of nitrogens with zero attached hydrogens (tertiary/aromatic N) is 5. The Balaban J connectivity index is 0.00000162. The third-order valence-corrected chi connectivity index (χ3v) is 6.16. The van der Waals surface area contributed by atoms with Crippen molar-refractivity contribution in [3.05, 3.63) is 59.3 Å². The van der Waals surface area contributed by atoms with Crippen molar-refractivity contribution in [2.75, 3.05) is 45.9 Å². The van der Waals surface area contributed by atoms with E-state index in [4.69, 9.17) is 14.2 Å². The Kier molecular flexibility index (Phi) is 15.7. The minimum Gasteiger partial charge on any atom is -0.495 e. The number of carbonyl (C=O) groups excluding carboxylic acids is 1. The summed E-state index contributed by atoms with van der Waals surface area (Å²) in [5.41, 5.74) is 6.04. The molecule has 0 aliphatic carbocycles. The lowest BCUT2D eigenvalue weighted by molar-refractivity contribution is 0.0937. The van der Waals surface area contributed by atoms with Crippen LogP contribution >= 0.6 is 0 Å². The van der Waals surface area contributed by atoms with Gasteiger partial charge in [0.05, 0.1) is 31.1 Å². The first kappa shape index (κ1) is 35.5. The van der Waals surface area contributed by atoms with E-state index in [0.717, 1.165) is 17.6 Å². The van der Waals surface area contributed by atoms with Gasteiger partial charge in [0.2, 0.25) is 0 Å². The van der Waals surface area contributed by atoms with Crippen LogP contribution in [0.5, 0.6) is 11.5 Å². The van der Waals surface area contributed by atoms with Gasteiger partial charge in [-0.15, -0.1) is 0 Å². The monoisotopic (exact) mass is 607 g/mol. The highest BCUT2D eigenvalue weighted by molar-refractivity contribution is 6.10. The lowest BCUT2D eigenvalue weighted by Gasteiger charge is -2.22. The van der Waals surface area contributed by atoms with E-state index in [1.807, 2.05) is 58.0 Å². The van der Waals surface area contributed by atoms with E-state index < -0.39 is 6.29 Å². The Hall–Kier alpha value is -4.67. The number of aliphatic imine (C=N–C) groups is 1. The number of hydrogen-bond acceptors (Lipinski definition) is 12. The molecule has 238 valence electrons. The SMILES string of the molecule is CC.CC.COCCNC(=O)c1ccc(OC)c(NC2N=CC(c3ccc(C#N)c(O[C@@H](C)CCN4CN=NN4)c3)=CN2)c1. The molecule has 0 bridgehead atoms. The van der Waals surface area contributed by atoms with Crippen LogP contribution in [0.25, 0.3) is 5.57 Å². The number of nitrogens with one attached hydrogen (secondary N) is 4. The van der Waals surface area contributed by atoms with Crippen LogP contribution in [0.2, 0.25) is 0 Å². The average molecular weight is 608 g/mol. The Morgan fingerprint density at radius 2 is 1.95 bits per heavy atom. The molecule has 1 unspecified atom stereocenters. The number of ether oxygens (including phenoxy) is 3. The summed E-state index contributed by atoms with van der Waals surface area (Å²) in [4.78, 5) is 17.0. The van der Waals surface area contributed by atoms with Crippen molar-refractivity contribution in [1.82, 2.24) is 21.2 Å². The molecule has 0 aromatic heterocycles. The summed E-state index contributed by atoms with van der Waals surface area (Å²) >= 11 is 0. The molecule has 2 aromatic carbocycles. The highest BCUT2D eigenvalue weighted by Gasteiger charge is 2.17. The molecule has 0 radical (unpaired) electrons. The molecule has 0 spiro atoms.